The van der Waals surface area contributed by atoms with Gasteiger partial charge in [0.1, 0.15) is 12.0 Å². The number of carbonyl (C=O) groups is 1. The average Bonchev–Trinajstić information content (AvgIpc) is 2.88. The first kappa shape index (κ1) is 11.4. The van der Waals surface area contributed by atoms with Gasteiger partial charge < -0.3 is 9.73 Å². The van der Waals surface area contributed by atoms with Crippen molar-refractivity contribution in [3.8, 4) is 0 Å². The number of furan rings is 1. The second kappa shape index (κ2) is 4.86. The van der Waals surface area contributed by atoms with Gasteiger partial charge in [-0.1, -0.05) is 13.3 Å². The number of amides is 1. The van der Waals surface area contributed by atoms with Crippen molar-refractivity contribution in [1.29, 1.82) is 0 Å². The molecule has 2 aromatic rings. The molecule has 90 valence electrons. The molecule has 17 heavy (non-hydrogen) atoms. The summed E-state index contributed by atoms with van der Waals surface area (Å²) in [6, 6.07) is 3.53. The van der Waals surface area contributed by atoms with Crippen LogP contribution >= 0.6 is 0 Å². The lowest BCUT2D eigenvalue weighted by Crippen LogP contribution is -2.11. The molecule has 0 radical (unpaired) electrons. The maximum Gasteiger partial charge on any atom is 0.260 e. The van der Waals surface area contributed by atoms with Gasteiger partial charge in [-0.25, -0.2) is 0 Å². The number of hydrogen-bond acceptors (Lipinski definition) is 3. The van der Waals surface area contributed by atoms with Crippen LogP contribution in [0.3, 0.4) is 0 Å². The average molecular weight is 233 g/mol. The summed E-state index contributed by atoms with van der Waals surface area (Å²) in [5.41, 5.74) is 1.52. The van der Waals surface area contributed by atoms with E-state index in [-0.39, 0.29) is 5.91 Å². The Bertz CT molecular complexity index is 513. The minimum Gasteiger partial charge on any atom is -0.469 e. The molecule has 0 fully saturated rings. The predicted molar refractivity (Wildman–Crippen MR) is 64.0 cm³/mol. The molecule has 2 aromatic heterocycles. The molecule has 2 heterocycles. The van der Waals surface area contributed by atoms with E-state index in [0.29, 0.717) is 17.1 Å². The van der Waals surface area contributed by atoms with E-state index in [1.54, 1.807) is 13.0 Å². The van der Waals surface area contributed by atoms with E-state index < -0.39 is 0 Å². The highest BCUT2D eigenvalue weighted by atomic mass is 16.3. The van der Waals surface area contributed by atoms with Gasteiger partial charge in [0.05, 0.1) is 5.56 Å². The van der Waals surface area contributed by atoms with Gasteiger partial charge in [-0.15, -0.1) is 0 Å². The molecule has 0 unspecified atom stereocenters. The number of nitrogens with one attached hydrogen (secondary N) is 2. The zero-order valence-electron chi connectivity index (χ0n) is 9.91. The van der Waals surface area contributed by atoms with Crippen LogP contribution in [0.15, 0.2) is 22.8 Å². The molecule has 0 aliphatic rings. The summed E-state index contributed by atoms with van der Waals surface area (Å²) in [6.07, 6.45) is 3.40. The molecule has 2 rings (SSSR count). The molecule has 0 bridgehead atoms. The predicted octanol–water partition coefficient (Wildman–Crippen LogP) is 2.52. The maximum absolute atomic E-state index is 11.8. The van der Waals surface area contributed by atoms with Crippen molar-refractivity contribution < 1.29 is 9.21 Å². The van der Waals surface area contributed by atoms with Crippen molar-refractivity contribution in [2.24, 2.45) is 0 Å². The van der Waals surface area contributed by atoms with Gasteiger partial charge >= 0.3 is 0 Å². The quantitative estimate of drug-likeness (QED) is 0.852. The molecule has 5 heteroatoms. The van der Waals surface area contributed by atoms with E-state index in [2.05, 4.69) is 22.4 Å². The fourth-order valence-electron chi connectivity index (χ4n) is 1.57. The summed E-state index contributed by atoms with van der Waals surface area (Å²) < 4.78 is 5.08. The van der Waals surface area contributed by atoms with Crippen LogP contribution in [0.4, 0.5) is 5.82 Å². The number of aromatic amines is 1. The lowest BCUT2D eigenvalue weighted by Gasteiger charge is -1.96. The van der Waals surface area contributed by atoms with Crippen molar-refractivity contribution in [3.05, 3.63) is 35.4 Å². The first-order valence-electron chi connectivity index (χ1n) is 5.60. The normalized spacial score (nSPS) is 10.5. The van der Waals surface area contributed by atoms with Crippen molar-refractivity contribution in [1.82, 2.24) is 10.2 Å². The zero-order valence-corrected chi connectivity index (χ0v) is 9.91. The summed E-state index contributed by atoms with van der Waals surface area (Å²) in [4.78, 5) is 11.8. The molecule has 1 amide bonds. The van der Waals surface area contributed by atoms with E-state index in [4.69, 9.17) is 4.42 Å². The Morgan fingerprint density at radius 2 is 2.35 bits per heavy atom. The molecule has 0 aliphatic carbocycles. The smallest absolute Gasteiger partial charge is 0.260 e. The highest BCUT2D eigenvalue weighted by Crippen LogP contribution is 2.11. The molecular formula is C12H15N3O2. The molecule has 0 aromatic carbocycles. The zero-order chi connectivity index (χ0) is 12.3. The van der Waals surface area contributed by atoms with Gasteiger partial charge in [0.15, 0.2) is 5.82 Å². The third-order valence-corrected chi connectivity index (χ3v) is 2.38. The standard InChI is InChI=1S/C12H15N3O2/c1-3-4-10-6-11(15-14-10)13-12(16)9-5-8(2)17-7-9/h5-7H,3-4H2,1-2H3,(H2,13,14,15,16). The van der Waals surface area contributed by atoms with Crippen molar-refractivity contribution >= 4 is 11.7 Å². The number of hydrogen-bond donors (Lipinski definition) is 2. The van der Waals surface area contributed by atoms with Gasteiger partial charge in [-0.2, -0.15) is 5.10 Å². The summed E-state index contributed by atoms with van der Waals surface area (Å²) in [7, 11) is 0. The van der Waals surface area contributed by atoms with Crippen molar-refractivity contribution in [2.45, 2.75) is 26.7 Å². The van der Waals surface area contributed by atoms with E-state index in [1.165, 1.54) is 6.26 Å². The fourth-order valence-corrected chi connectivity index (χ4v) is 1.57. The highest BCUT2D eigenvalue weighted by molar-refractivity contribution is 6.03. The number of carbonyl (C=O) groups excluding carboxylic acids is 1. The van der Waals surface area contributed by atoms with E-state index in [9.17, 15) is 4.79 Å². The first-order chi connectivity index (χ1) is 8.19. The minimum absolute atomic E-state index is 0.212. The van der Waals surface area contributed by atoms with E-state index >= 15 is 0 Å². The molecule has 0 saturated heterocycles. The Morgan fingerprint density at radius 1 is 1.53 bits per heavy atom. The summed E-state index contributed by atoms with van der Waals surface area (Å²) in [5.74, 6) is 1.04. The topological polar surface area (TPSA) is 70.9 Å². The van der Waals surface area contributed by atoms with E-state index in [1.807, 2.05) is 6.07 Å². The molecule has 0 saturated carbocycles. The van der Waals surface area contributed by atoms with Gasteiger partial charge in [0, 0.05) is 11.8 Å². The van der Waals surface area contributed by atoms with E-state index in [0.717, 1.165) is 18.5 Å². The molecule has 0 spiro atoms. The van der Waals surface area contributed by atoms with Crippen LogP contribution in [0.5, 0.6) is 0 Å². The second-order valence-electron chi connectivity index (χ2n) is 3.93. The first-order valence-corrected chi connectivity index (χ1v) is 5.60. The summed E-state index contributed by atoms with van der Waals surface area (Å²) in [6.45, 7) is 3.89. The Hall–Kier alpha value is -2.04. The third-order valence-electron chi connectivity index (χ3n) is 2.38. The Morgan fingerprint density at radius 3 is 3.00 bits per heavy atom. The van der Waals surface area contributed by atoms with Crippen molar-refractivity contribution in [2.75, 3.05) is 5.32 Å². The molecule has 0 aliphatic heterocycles. The number of rotatable bonds is 4. The van der Waals surface area contributed by atoms with Gasteiger partial charge in [-0.3, -0.25) is 9.89 Å². The fraction of sp³-hybridized carbons (Fsp3) is 0.333. The Kier molecular flexibility index (Phi) is 3.27. The van der Waals surface area contributed by atoms with Crippen LogP contribution in [0, 0.1) is 6.92 Å². The van der Waals surface area contributed by atoms with Crippen LogP contribution in [-0.4, -0.2) is 16.1 Å². The third kappa shape index (κ3) is 2.75. The van der Waals surface area contributed by atoms with Crippen LogP contribution < -0.4 is 5.32 Å². The number of H-pyrrole nitrogens is 1. The lowest BCUT2D eigenvalue weighted by molar-refractivity contribution is 0.102. The number of nitrogens with zero attached hydrogens (tertiary/aromatic N) is 1. The van der Waals surface area contributed by atoms with Crippen LogP contribution in [-0.2, 0) is 6.42 Å². The molecule has 0 atom stereocenters. The molecule has 2 N–H and O–H groups in total. The minimum atomic E-state index is -0.212. The summed E-state index contributed by atoms with van der Waals surface area (Å²) >= 11 is 0. The lowest BCUT2D eigenvalue weighted by atomic mass is 10.2. The molecular weight excluding hydrogens is 218 g/mol. The Labute approximate surface area is 99.2 Å². The number of aryl methyl sites for hydroxylation is 2. The monoisotopic (exact) mass is 233 g/mol. The second-order valence-corrected chi connectivity index (χ2v) is 3.93. The summed E-state index contributed by atoms with van der Waals surface area (Å²) in [5, 5.41) is 9.61. The number of aromatic nitrogens is 2. The van der Waals surface area contributed by atoms with Gasteiger partial charge in [0.2, 0.25) is 0 Å². The largest absolute Gasteiger partial charge is 0.469 e. The van der Waals surface area contributed by atoms with Crippen LogP contribution in [0.25, 0.3) is 0 Å². The molecule has 5 nitrogen and oxygen atoms in total. The van der Waals surface area contributed by atoms with Crippen molar-refractivity contribution in [3.63, 3.8) is 0 Å². The SMILES string of the molecule is CCCc1cc(NC(=O)c2coc(C)c2)n[nH]1. The van der Waals surface area contributed by atoms with Crippen LogP contribution in [0.2, 0.25) is 0 Å². The van der Waals surface area contributed by atoms with Crippen LogP contribution in [0.1, 0.15) is 35.2 Å². The van der Waals surface area contributed by atoms with Gasteiger partial charge in [0.25, 0.3) is 5.91 Å². The number of anilines is 1. The Balaban J connectivity index is 2.02. The highest BCUT2D eigenvalue weighted by Gasteiger charge is 2.10. The maximum atomic E-state index is 11.8. The van der Waals surface area contributed by atoms with Gasteiger partial charge in [-0.05, 0) is 19.4 Å².